The Morgan fingerprint density at radius 1 is 0.941 bits per heavy atom. The standard InChI is InChI=1S/C24H20N8O2/c1-16-11-12-31-15-20(25-21(31)13-16)24(34)28-27-23(33)19-9-7-17(8-10-19)14-32-29-22(26-30-32)18-5-3-2-4-6-18/h2-13,15H,14H2,1H3,(H,27,33)(H,28,34). The molecule has 2 N–H and O–H groups in total. The average molecular weight is 452 g/mol. The third-order valence-corrected chi connectivity index (χ3v) is 5.16. The number of nitrogens with zero attached hydrogens (tertiary/aromatic N) is 6. The Morgan fingerprint density at radius 2 is 1.71 bits per heavy atom. The highest BCUT2D eigenvalue weighted by Crippen LogP contribution is 2.13. The van der Waals surface area contributed by atoms with Crippen molar-refractivity contribution in [1.82, 2.24) is 40.4 Å². The van der Waals surface area contributed by atoms with Gasteiger partial charge in [0.25, 0.3) is 11.8 Å². The Kier molecular flexibility index (Phi) is 5.53. The zero-order valence-electron chi connectivity index (χ0n) is 18.2. The van der Waals surface area contributed by atoms with Crippen molar-refractivity contribution in [2.75, 3.05) is 0 Å². The molecule has 0 aliphatic heterocycles. The Hall–Kier alpha value is -4.86. The summed E-state index contributed by atoms with van der Waals surface area (Å²) in [5.74, 6) is -0.393. The molecule has 0 fully saturated rings. The Morgan fingerprint density at radius 3 is 2.50 bits per heavy atom. The summed E-state index contributed by atoms with van der Waals surface area (Å²) in [7, 11) is 0. The number of hydrazine groups is 1. The van der Waals surface area contributed by atoms with Gasteiger partial charge in [-0.2, -0.15) is 4.80 Å². The van der Waals surface area contributed by atoms with Crippen molar-refractivity contribution >= 4 is 17.5 Å². The lowest BCUT2D eigenvalue weighted by molar-refractivity contribution is 0.0844. The number of tetrazole rings is 1. The van der Waals surface area contributed by atoms with Crippen LogP contribution in [0.4, 0.5) is 0 Å². The summed E-state index contributed by atoms with van der Waals surface area (Å²) in [6, 6.07) is 20.3. The first-order chi connectivity index (χ1) is 16.5. The molecule has 0 unspecified atom stereocenters. The van der Waals surface area contributed by atoms with Crippen LogP contribution < -0.4 is 10.9 Å². The van der Waals surface area contributed by atoms with E-state index in [2.05, 4.69) is 31.2 Å². The second-order valence-electron chi connectivity index (χ2n) is 7.71. The van der Waals surface area contributed by atoms with Crippen LogP contribution in [0.3, 0.4) is 0 Å². The lowest BCUT2D eigenvalue weighted by Gasteiger charge is -2.07. The van der Waals surface area contributed by atoms with Gasteiger partial charge in [0.15, 0.2) is 0 Å². The Balaban J connectivity index is 1.18. The number of imidazole rings is 1. The quantitative estimate of drug-likeness (QED) is 0.395. The van der Waals surface area contributed by atoms with Gasteiger partial charge in [-0.3, -0.25) is 20.4 Å². The van der Waals surface area contributed by atoms with Gasteiger partial charge in [0.2, 0.25) is 5.82 Å². The highest BCUT2D eigenvalue weighted by molar-refractivity contribution is 5.98. The maximum absolute atomic E-state index is 12.4. The molecule has 3 heterocycles. The third-order valence-electron chi connectivity index (χ3n) is 5.16. The van der Waals surface area contributed by atoms with Crippen molar-refractivity contribution < 1.29 is 9.59 Å². The lowest BCUT2D eigenvalue weighted by atomic mass is 10.1. The maximum atomic E-state index is 12.4. The normalized spacial score (nSPS) is 10.9. The van der Waals surface area contributed by atoms with E-state index < -0.39 is 11.8 Å². The van der Waals surface area contributed by atoms with Gasteiger partial charge in [-0.1, -0.05) is 42.5 Å². The molecule has 0 radical (unpaired) electrons. The van der Waals surface area contributed by atoms with Crippen molar-refractivity contribution in [3.63, 3.8) is 0 Å². The molecule has 0 saturated carbocycles. The molecule has 3 aromatic heterocycles. The number of carbonyl (C=O) groups excluding carboxylic acids is 2. The smallest absolute Gasteiger partial charge is 0.289 e. The van der Waals surface area contributed by atoms with E-state index in [0.29, 0.717) is 23.6 Å². The Bertz CT molecular complexity index is 1470. The van der Waals surface area contributed by atoms with Crippen molar-refractivity contribution in [3.05, 3.63) is 102 Å². The molecule has 2 aromatic carbocycles. The molecule has 5 rings (SSSR count). The summed E-state index contributed by atoms with van der Waals surface area (Å²) in [5.41, 5.74) is 8.90. The fourth-order valence-corrected chi connectivity index (χ4v) is 3.38. The lowest BCUT2D eigenvalue weighted by Crippen LogP contribution is -2.41. The molecule has 0 saturated heterocycles. The van der Waals surface area contributed by atoms with E-state index in [1.54, 1.807) is 34.9 Å². The molecular weight excluding hydrogens is 432 g/mol. The molecule has 0 spiro atoms. The van der Waals surface area contributed by atoms with Crippen LogP contribution in [0, 0.1) is 6.92 Å². The van der Waals surface area contributed by atoms with E-state index in [1.807, 2.05) is 55.6 Å². The van der Waals surface area contributed by atoms with E-state index in [1.165, 1.54) is 4.80 Å². The van der Waals surface area contributed by atoms with Crippen LogP contribution in [-0.4, -0.2) is 41.4 Å². The number of fused-ring (bicyclic) bond motifs is 1. The number of nitrogens with one attached hydrogen (secondary N) is 2. The van der Waals surface area contributed by atoms with Crippen LogP contribution in [0.15, 0.2) is 79.1 Å². The van der Waals surface area contributed by atoms with Crippen LogP contribution >= 0.6 is 0 Å². The predicted octanol–water partition coefficient (Wildman–Crippen LogP) is 2.42. The number of rotatable bonds is 5. The first kappa shape index (κ1) is 21.0. The van der Waals surface area contributed by atoms with Crippen LogP contribution in [0.25, 0.3) is 17.0 Å². The molecule has 0 bridgehead atoms. The predicted molar refractivity (Wildman–Crippen MR) is 124 cm³/mol. The number of benzene rings is 2. The summed E-state index contributed by atoms with van der Waals surface area (Å²) < 4.78 is 1.75. The largest absolute Gasteiger partial charge is 0.306 e. The summed E-state index contributed by atoms with van der Waals surface area (Å²) in [4.78, 5) is 30.6. The van der Waals surface area contributed by atoms with Gasteiger partial charge in [-0.25, -0.2) is 4.98 Å². The summed E-state index contributed by atoms with van der Waals surface area (Å²) in [6.45, 7) is 2.36. The fraction of sp³-hybridized carbons (Fsp3) is 0.0833. The van der Waals surface area contributed by atoms with Crippen molar-refractivity contribution in [1.29, 1.82) is 0 Å². The van der Waals surface area contributed by atoms with Crippen LogP contribution in [-0.2, 0) is 6.54 Å². The minimum Gasteiger partial charge on any atom is -0.306 e. The van der Waals surface area contributed by atoms with Crippen LogP contribution in [0.5, 0.6) is 0 Å². The zero-order chi connectivity index (χ0) is 23.5. The second kappa shape index (κ2) is 8.94. The molecule has 0 atom stereocenters. The number of amides is 2. The zero-order valence-corrected chi connectivity index (χ0v) is 18.2. The first-order valence-electron chi connectivity index (χ1n) is 10.5. The van der Waals surface area contributed by atoms with Gasteiger partial charge in [0, 0.05) is 23.5 Å². The first-order valence-corrected chi connectivity index (χ1v) is 10.5. The number of hydrogen-bond donors (Lipinski definition) is 2. The van der Waals surface area contributed by atoms with Gasteiger partial charge >= 0.3 is 0 Å². The minimum absolute atomic E-state index is 0.205. The SMILES string of the molecule is Cc1ccn2cc(C(=O)NNC(=O)c3ccc(Cn4nnc(-c5ccccc5)n4)cc3)nc2c1. The monoisotopic (exact) mass is 452 g/mol. The summed E-state index contributed by atoms with van der Waals surface area (Å²) in [6.07, 6.45) is 3.43. The van der Waals surface area contributed by atoms with E-state index in [9.17, 15) is 9.59 Å². The number of pyridine rings is 1. The Labute approximate surface area is 194 Å². The van der Waals surface area contributed by atoms with Gasteiger partial charge in [-0.05, 0) is 47.5 Å². The van der Waals surface area contributed by atoms with Crippen LogP contribution in [0.1, 0.15) is 32.0 Å². The molecule has 0 aliphatic rings. The molecule has 10 nitrogen and oxygen atoms in total. The number of aromatic nitrogens is 6. The van der Waals surface area contributed by atoms with Crippen molar-refractivity contribution in [2.24, 2.45) is 0 Å². The third kappa shape index (κ3) is 4.51. The molecular formula is C24H20N8O2. The molecule has 2 amide bonds. The molecule has 168 valence electrons. The summed E-state index contributed by atoms with van der Waals surface area (Å²) >= 11 is 0. The molecule has 0 aliphatic carbocycles. The average Bonchev–Trinajstić information content (AvgIpc) is 3.50. The van der Waals surface area contributed by atoms with Gasteiger partial charge in [0.1, 0.15) is 11.3 Å². The van der Waals surface area contributed by atoms with Crippen molar-refractivity contribution in [2.45, 2.75) is 13.5 Å². The minimum atomic E-state index is -0.502. The van der Waals surface area contributed by atoms with Gasteiger partial charge in [0.05, 0.1) is 6.54 Å². The highest BCUT2D eigenvalue weighted by Gasteiger charge is 2.13. The van der Waals surface area contributed by atoms with E-state index in [4.69, 9.17) is 0 Å². The molecule has 5 aromatic rings. The van der Waals surface area contributed by atoms with E-state index in [0.717, 1.165) is 16.7 Å². The van der Waals surface area contributed by atoms with E-state index >= 15 is 0 Å². The maximum Gasteiger partial charge on any atom is 0.289 e. The topological polar surface area (TPSA) is 119 Å². The highest BCUT2D eigenvalue weighted by atomic mass is 16.2. The van der Waals surface area contributed by atoms with Gasteiger partial charge in [-0.15, -0.1) is 10.2 Å². The summed E-state index contributed by atoms with van der Waals surface area (Å²) in [5, 5.41) is 12.6. The molecule has 34 heavy (non-hydrogen) atoms. The fourth-order valence-electron chi connectivity index (χ4n) is 3.38. The molecule has 10 heteroatoms. The van der Waals surface area contributed by atoms with Gasteiger partial charge < -0.3 is 4.40 Å². The van der Waals surface area contributed by atoms with Crippen molar-refractivity contribution in [3.8, 4) is 11.4 Å². The number of carbonyl (C=O) groups is 2. The number of aryl methyl sites for hydroxylation is 1. The second-order valence-corrected chi connectivity index (χ2v) is 7.71. The van der Waals surface area contributed by atoms with E-state index in [-0.39, 0.29) is 5.69 Å². The number of hydrogen-bond acceptors (Lipinski definition) is 6. The van der Waals surface area contributed by atoms with Crippen LogP contribution in [0.2, 0.25) is 0 Å².